The molecule has 0 unspecified atom stereocenters. The van der Waals surface area contributed by atoms with Crippen LogP contribution in [0.5, 0.6) is 11.5 Å². The highest BCUT2D eigenvalue weighted by atomic mass is 35.5. The summed E-state index contributed by atoms with van der Waals surface area (Å²) < 4.78 is 11.1. The summed E-state index contributed by atoms with van der Waals surface area (Å²) in [7, 11) is 1.56. The number of aromatic nitrogens is 4. The van der Waals surface area contributed by atoms with Gasteiger partial charge in [-0.15, -0.1) is 10.2 Å². The zero-order chi connectivity index (χ0) is 16.2. The van der Waals surface area contributed by atoms with Gasteiger partial charge in [-0.25, -0.2) is 0 Å². The summed E-state index contributed by atoms with van der Waals surface area (Å²) in [6, 6.07) is 10.7. The molecule has 1 aromatic heterocycles. The van der Waals surface area contributed by atoms with E-state index >= 15 is 0 Å². The molecule has 3 aromatic rings. The van der Waals surface area contributed by atoms with Crippen LogP contribution in [0.1, 0.15) is 5.56 Å². The quantitative estimate of drug-likeness (QED) is 0.758. The molecule has 1 heterocycles. The van der Waals surface area contributed by atoms with Crippen LogP contribution in [0.4, 0.5) is 0 Å². The summed E-state index contributed by atoms with van der Waals surface area (Å²) in [6.45, 7) is 0.233. The highest BCUT2D eigenvalue weighted by Crippen LogP contribution is 2.33. The van der Waals surface area contributed by atoms with Crippen LogP contribution in [0.3, 0.4) is 0 Å². The molecule has 118 valence electrons. The third-order valence-electron chi connectivity index (χ3n) is 3.20. The van der Waals surface area contributed by atoms with E-state index in [2.05, 4.69) is 20.6 Å². The first-order chi connectivity index (χ1) is 11.2. The van der Waals surface area contributed by atoms with Gasteiger partial charge in [0.25, 0.3) is 0 Å². The Morgan fingerprint density at radius 2 is 1.87 bits per heavy atom. The molecule has 8 heteroatoms. The van der Waals surface area contributed by atoms with Gasteiger partial charge in [0.2, 0.25) is 5.82 Å². The summed E-state index contributed by atoms with van der Waals surface area (Å²) >= 11 is 12.3. The van der Waals surface area contributed by atoms with E-state index in [1.807, 2.05) is 6.07 Å². The van der Waals surface area contributed by atoms with Crippen molar-refractivity contribution < 1.29 is 9.47 Å². The van der Waals surface area contributed by atoms with E-state index in [9.17, 15) is 0 Å². The van der Waals surface area contributed by atoms with Crippen LogP contribution in [-0.4, -0.2) is 27.7 Å². The highest BCUT2D eigenvalue weighted by molar-refractivity contribution is 6.35. The van der Waals surface area contributed by atoms with Gasteiger partial charge in [-0.05, 0) is 35.5 Å². The van der Waals surface area contributed by atoms with E-state index in [4.69, 9.17) is 32.7 Å². The number of aromatic amines is 1. The number of rotatable bonds is 5. The van der Waals surface area contributed by atoms with Gasteiger partial charge in [0.15, 0.2) is 11.5 Å². The fraction of sp³-hybridized carbons (Fsp3) is 0.133. The largest absolute Gasteiger partial charge is 0.493 e. The molecule has 0 radical (unpaired) electrons. The molecule has 2 aromatic carbocycles. The fourth-order valence-corrected chi connectivity index (χ4v) is 2.54. The van der Waals surface area contributed by atoms with Gasteiger partial charge < -0.3 is 9.47 Å². The Bertz CT molecular complexity index is 789. The summed E-state index contributed by atoms with van der Waals surface area (Å²) in [4.78, 5) is 0. The molecule has 3 rings (SSSR count). The molecule has 0 amide bonds. The van der Waals surface area contributed by atoms with Crippen molar-refractivity contribution in [3.63, 3.8) is 0 Å². The minimum atomic E-state index is 0.233. The predicted octanol–water partition coefficient (Wildman–Crippen LogP) is 3.76. The van der Waals surface area contributed by atoms with Crippen LogP contribution >= 0.6 is 23.2 Å². The molecule has 6 nitrogen and oxygen atoms in total. The second-order valence-electron chi connectivity index (χ2n) is 4.59. The summed E-state index contributed by atoms with van der Waals surface area (Å²) in [5, 5.41) is 14.9. The van der Waals surface area contributed by atoms with Crippen molar-refractivity contribution in [2.24, 2.45) is 0 Å². The van der Waals surface area contributed by atoms with E-state index in [-0.39, 0.29) is 6.61 Å². The minimum Gasteiger partial charge on any atom is -0.493 e. The maximum absolute atomic E-state index is 6.14. The van der Waals surface area contributed by atoms with Gasteiger partial charge in [-0.3, -0.25) is 0 Å². The fourth-order valence-electron chi connectivity index (χ4n) is 2.03. The van der Waals surface area contributed by atoms with Gasteiger partial charge in [0.05, 0.1) is 7.11 Å². The third kappa shape index (κ3) is 3.38. The van der Waals surface area contributed by atoms with E-state index in [0.717, 1.165) is 11.1 Å². The first kappa shape index (κ1) is 15.6. The van der Waals surface area contributed by atoms with Crippen molar-refractivity contribution in [1.29, 1.82) is 0 Å². The number of ether oxygens (including phenoxy) is 2. The SMILES string of the molecule is COc1cc(-c2nn[nH]n2)ccc1OCc1c(Cl)cccc1Cl. The van der Waals surface area contributed by atoms with Gasteiger partial charge in [0.1, 0.15) is 6.61 Å². The zero-order valence-electron chi connectivity index (χ0n) is 12.1. The van der Waals surface area contributed by atoms with Crippen molar-refractivity contribution >= 4 is 23.2 Å². The Hall–Kier alpha value is -2.31. The standard InChI is InChI=1S/C15H12Cl2N4O2/c1-22-14-7-9(15-18-20-21-19-15)5-6-13(14)23-8-10-11(16)3-2-4-12(10)17/h2-7H,8H2,1H3,(H,18,19,20,21). The van der Waals surface area contributed by atoms with Crippen molar-refractivity contribution in [3.8, 4) is 22.9 Å². The lowest BCUT2D eigenvalue weighted by Gasteiger charge is -2.13. The molecule has 0 atom stereocenters. The van der Waals surface area contributed by atoms with Crippen LogP contribution in [-0.2, 0) is 6.61 Å². The molecule has 0 aliphatic rings. The Kier molecular flexibility index (Phi) is 4.64. The normalized spacial score (nSPS) is 10.6. The van der Waals surface area contributed by atoms with Crippen molar-refractivity contribution in [1.82, 2.24) is 20.6 Å². The first-order valence-corrected chi connectivity index (χ1v) is 7.42. The van der Waals surface area contributed by atoms with Crippen LogP contribution in [0.2, 0.25) is 10.0 Å². The monoisotopic (exact) mass is 350 g/mol. The van der Waals surface area contributed by atoms with Crippen molar-refractivity contribution in [2.45, 2.75) is 6.61 Å². The number of hydrogen-bond acceptors (Lipinski definition) is 5. The predicted molar refractivity (Wildman–Crippen MR) is 87.0 cm³/mol. The summed E-state index contributed by atoms with van der Waals surface area (Å²) in [6.07, 6.45) is 0. The molecule has 0 bridgehead atoms. The van der Waals surface area contributed by atoms with Crippen LogP contribution in [0, 0.1) is 0 Å². The number of H-pyrrole nitrogens is 1. The van der Waals surface area contributed by atoms with E-state index < -0.39 is 0 Å². The molecule has 0 aliphatic carbocycles. The second-order valence-corrected chi connectivity index (χ2v) is 5.40. The molecule has 0 saturated heterocycles. The van der Waals surface area contributed by atoms with Gasteiger partial charge in [0, 0.05) is 21.2 Å². The number of halogens is 2. The lowest BCUT2D eigenvalue weighted by Crippen LogP contribution is -1.99. The first-order valence-electron chi connectivity index (χ1n) is 6.66. The number of benzene rings is 2. The Labute approximate surface area is 142 Å². The second kappa shape index (κ2) is 6.85. The Balaban J connectivity index is 1.83. The molecule has 0 aliphatic heterocycles. The van der Waals surface area contributed by atoms with Gasteiger partial charge in [-0.1, -0.05) is 29.3 Å². The van der Waals surface area contributed by atoms with Gasteiger partial charge >= 0.3 is 0 Å². The van der Waals surface area contributed by atoms with E-state index in [1.165, 1.54) is 0 Å². The average molecular weight is 351 g/mol. The van der Waals surface area contributed by atoms with Crippen molar-refractivity contribution in [2.75, 3.05) is 7.11 Å². The topological polar surface area (TPSA) is 72.9 Å². The molecule has 1 N–H and O–H groups in total. The Morgan fingerprint density at radius 3 is 2.52 bits per heavy atom. The number of hydrogen-bond donors (Lipinski definition) is 1. The lowest BCUT2D eigenvalue weighted by molar-refractivity contribution is 0.285. The Morgan fingerprint density at radius 1 is 1.09 bits per heavy atom. The van der Waals surface area contributed by atoms with Crippen LogP contribution < -0.4 is 9.47 Å². The highest BCUT2D eigenvalue weighted by Gasteiger charge is 2.12. The summed E-state index contributed by atoms with van der Waals surface area (Å²) in [5.74, 6) is 1.59. The molecule has 0 fully saturated rings. The van der Waals surface area contributed by atoms with E-state index in [0.29, 0.717) is 27.4 Å². The van der Waals surface area contributed by atoms with Gasteiger partial charge in [-0.2, -0.15) is 5.21 Å². The molecule has 23 heavy (non-hydrogen) atoms. The number of nitrogens with zero attached hydrogens (tertiary/aromatic N) is 3. The number of methoxy groups -OCH3 is 1. The van der Waals surface area contributed by atoms with Crippen LogP contribution in [0.25, 0.3) is 11.4 Å². The van der Waals surface area contributed by atoms with Crippen molar-refractivity contribution in [3.05, 3.63) is 52.0 Å². The minimum absolute atomic E-state index is 0.233. The smallest absolute Gasteiger partial charge is 0.204 e. The van der Waals surface area contributed by atoms with E-state index in [1.54, 1.807) is 37.4 Å². The molecular weight excluding hydrogens is 339 g/mol. The summed E-state index contributed by atoms with van der Waals surface area (Å²) in [5.41, 5.74) is 1.49. The molecular formula is C15H12Cl2N4O2. The molecule has 0 saturated carbocycles. The molecule has 0 spiro atoms. The zero-order valence-corrected chi connectivity index (χ0v) is 13.6. The number of tetrazole rings is 1. The van der Waals surface area contributed by atoms with Crippen LogP contribution in [0.15, 0.2) is 36.4 Å². The maximum atomic E-state index is 6.14. The lowest BCUT2D eigenvalue weighted by atomic mass is 10.2. The maximum Gasteiger partial charge on any atom is 0.204 e. The number of nitrogens with one attached hydrogen (secondary N) is 1. The average Bonchev–Trinajstić information content (AvgIpc) is 3.09. The third-order valence-corrected chi connectivity index (χ3v) is 3.91.